The van der Waals surface area contributed by atoms with Crippen LogP contribution >= 0.6 is 0 Å². The number of aromatic nitrogens is 1. The molecule has 5 nitrogen and oxygen atoms in total. The fraction of sp³-hybridized carbons (Fsp3) is 0.318. The zero-order chi connectivity index (χ0) is 19.4. The van der Waals surface area contributed by atoms with Gasteiger partial charge < -0.3 is 20.1 Å². The zero-order valence-corrected chi connectivity index (χ0v) is 16.0. The summed E-state index contributed by atoms with van der Waals surface area (Å²) in [5.74, 6) is 0.261. The van der Waals surface area contributed by atoms with Crippen LogP contribution in [-0.4, -0.2) is 28.3 Å². The second kappa shape index (κ2) is 7.74. The molecular formula is C22H26N2O3. The number of hydrogen-bond acceptors (Lipinski definition) is 3. The standard InChI is InChI=1S/C22H26N2O3/c1-22(2,3)27-21(26)23-12-11-18-17-9-4-5-10-19(17)24-20(18)14-15-7-6-8-16(25)13-15/h4-10,13,24-25H,11-12,14H2,1-3H3,(H,23,26). The summed E-state index contributed by atoms with van der Waals surface area (Å²) in [7, 11) is 0. The van der Waals surface area contributed by atoms with E-state index in [1.54, 1.807) is 12.1 Å². The number of para-hydroxylation sites is 1. The van der Waals surface area contributed by atoms with E-state index < -0.39 is 11.7 Å². The number of ether oxygens (including phenoxy) is 1. The van der Waals surface area contributed by atoms with Crippen LogP contribution in [0.4, 0.5) is 4.79 Å². The van der Waals surface area contributed by atoms with Crippen molar-refractivity contribution in [2.75, 3.05) is 6.54 Å². The minimum Gasteiger partial charge on any atom is -0.508 e. The number of carbonyl (C=O) groups is 1. The van der Waals surface area contributed by atoms with E-state index in [9.17, 15) is 9.90 Å². The molecule has 3 N–H and O–H groups in total. The summed E-state index contributed by atoms with van der Waals surface area (Å²) < 4.78 is 5.30. The van der Waals surface area contributed by atoms with Crippen molar-refractivity contribution in [3.8, 4) is 5.75 Å². The molecule has 142 valence electrons. The van der Waals surface area contributed by atoms with Gasteiger partial charge in [0.15, 0.2) is 0 Å². The van der Waals surface area contributed by atoms with Gasteiger partial charge in [0.2, 0.25) is 0 Å². The number of aromatic amines is 1. The predicted molar refractivity (Wildman–Crippen MR) is 107 cm³/mol. The maximum atomic E-state index is 11.9. The largest absolute Gasteiger partial charge is 0.508 e. The molecule has 0 bridgehead atoms. The lowest BCUT2D eigenvalue weighted by Crippen LogP contribution is -2.33. The van der Waals surface area contributed by atoms with Gasteiger partial charge in [0, 0.05) is 29.6 Å². The molecule has 0 unspecified atom stereocenters. The van der Waals surface area contributed by atoms with E-state index in [1.165, 1.54) is 5.56 Å². The van der Waals surface area contributed by atoms with Crippen molar-refractivity contribution in [1.29, 1.82) is 0 Å². The Morgan fingerprint density at radius 3 is 2.67 bits per heavy atom. The lowest BCUT2D eigenvalue weighted by molar-refractivity contribution is 0.0528. The number of benzene rings is 2. The minimum absolute atomic E-state index is 0.261. The molecule has 3 rings (SSSR count). The normalized spacial score (nSPS) is 11.5. The van der Waals surface area contributed by atoms with Gasteiger partial charge in [0.25, 0.3) is 0 Å². The van der Waals surface area contributed by atoms with Crippen LogP contribution in [0.1, 0.15) is 37.6 Å². The molecule has 0 saturated carbocycles. The molecule has 5 heteroatoms. The number of hydrogen-bond donors (Lipinski definition) is 3. The second-order valence-electron chi connectivity index (χ2n) is 7.65. The SMILES string of the molecule is CC(C)(C)OC(=O)NCCc1c(Cc2cccc(O)c2)[nH]c2ccccc12. The van der Waals surface area contributed by atoms with Gasteiger partial charge in [-0.3, -0.25) is 0 Å². The van der Waals surface area contributed by atoms with E-state index in [4.69, 9.17) is 4.74 Å². The summed E-state index contributed by atoms with van der Waals surface area (Å²) in [6.07, 6.45) is 0.972. The lowest BCUT2D eigenvalue weighted by atomic mass is 10.0. The summed E-state index contributed by atoms with van der Waals surface area (Å²) in [5, 5.41) is 13.7. The van der Waals surface area contributed by atoms with Crippen molar-refractivity contribution in [3.05, 3.63) is 65.4 Å². The smallest absolute Gasteiger partial charge is 0.407 e. The van der Waals surface area contributed by atoms with E-state index >= 15 is 0 Å². The minimum atomic E-state index is -0.509. The fourth-order valence-corrected chi connectivity index (χ4v) is 3.17. The molecule has 0 saturated heterocycles. The van der Waals surface area contributed by atoms with Crippen LogP contribution in [0, 0.1) is 0 Å². The van der Waals surface area contributed by atoms with Crippen molar-refractivity contribution in [1.82, 2.24) is 10.3 Å². The van der Waals surface area contributed by atoms with Gasteiger partial charge in [-0.25, -0.2) is 4.79 Å². The number of rotatable bonds is 5. The number of fused-ring (bicyclic) bond motifs is 1. The number of phenolic OH excluding ortho intramolecular Hbond substituents is 1. The van der Waals surface area contributed by atoms with Crippen LogP contribution in [0.15, 0.2) is 48.5 Å². The molecule has 1 heterocycles. The van der Waals surface area contributed by atoms with Gasteiger partial charge >= 0.3 is 6.09 Å². The predicted octanol–water partition coefficient (Wildman–Crippen LogP) is 4.53. The average molecular weight is 366 g/mol. The highest BCUT2D eigenvalue weighted by Gasteiger charge is 2.16. The van der Waals surface area contributed by atoms with Crippen LogP contribution in [-0.2, 0) is 17.6 Å². The van der Waals surface area contributed by atoms with E-state index in [2.05, 4.69) is 16.4 Å². The number of amides is 1. The van der Waals surface area contributed by atoms with Gasteiger partial charge in [-0.1, -0.05) is 30.3 Å². The number of phenols is 1. The average Bonchev–Trinajstić information content (AvgIpc) is 2.91. The Kier molecular flexibility index (Phi) is 5.40. The number of H-pyrrole nitrogens is 1. The molecule has 1 amide bonds. The number of carbonyl (C=O) groups excluding carboxylic acids is 1. The molecule has 27 heavy (non-hydrogen) atoms. The van der Waals surface area contributed by atoms with Gasteiger partial charge in [-0.05, 0) is 56.5 Å². The van der Waals surface area contributed by atoms with E-state index in [1.807, 2.05) is 51.1 Å². The molecule has 2 aromatic carbocycles. The Balaban J connectivity index is 1.77. The van der Waals surface area contributed by atoms with E-state index in [0.29, 0.717) is 19.4 Å². The Hall–Kier alpha value is -2.95. The molecule has 0 radical (unpaired) electrons. The molecule has 0 aliphatic heterocycles. The summed E-state index contributed by atoms with van der Waals surface area (Å²) in [6, 6.07) is 15.4. The highest BCUT2D eigenvalue weighted by molar-refractivity contribution is 5.85. The van der Waals surface area contributed by atoms with Crippen molar-refractivity contribution in [3.63, 3.8) is 0 Å². The molecular weight excluding hydrogens is 340 g/mol. The second-order valence-corrected chi connectivity index (χ2v) is 7.65. The number of aromatic hydroxyl groups is 1. The molecule has 0 aliphatic rings. The summed E-state index contributed by atoms with van der Waals surface area (Å²) in [4.78, 5) is 15.4. The summed E-state index contributed by atoms with van der Waals surface area (Å²) >= 11 is 0. The van der Waals surface area contributed by atoms with Crippen molar-refractivity contribution >= 4 is 17.0 Å². The van der Waals surface area contributed by atoms with Crippen molar-refractivity contribution < 1.29 is 14.6 Å². The first-order chi connectivity index (χ1) is 12.8. The maximum absolute atomic E-state index is 11.9. The van der Waals surface area contributed by atoms with E-state index in [0.717, 1.165) is 22.2 Å². The zero-order valence-electron chi connectivity index (χ0n) is 16.0. The third-order valence-electron chi connectivity index (χ3n) is 4.24. The highest BCUT2D eigenvalue weighted by atomic mass is 16.6. The Labute approximate surface area is 159 Å². The Morgan fingerprint density at radius 1 is 1.15 bits per heavy atom. The summed E-state index contributed by atoms with van der Waals surface area (Å²) in [6.45, 7) is 6.03. The third kappa shape index (κ3) is 5.03. The van der Waals surface area contributed by atoms with Crippen LogP contribution in [0.5, 0.6) is 5.75 Å². The maximum Gasteiger partial charge on any atom is 0.407 e. The van der Waals surface area contributed by atoms with Crippen LogP contribution in [0.3, 0.4) is 0 Å². The monoisotopic (exact) mass is 366 g/mol. The Bertz CT molecular complexity index is 938. The Morgan fingerprint density at radius 2 is 1.93 bits per heavy atom. The number of nitrogens with one attached hydrogen (secondary N) is 2. The molecule has 3 aromatic rings. The molecule has 0 aliphatic carbocycles. The van der Waals surface area contributed by atoms with Gasteiger partial charge in [0.05, 0.1) is 0 Å². The topological polar surface area (TPSA) is 74.3 Å². The van der Waals surface area contributed by atoms with Gasteiger partial charge in [-0.15, -0.1) is 0 Å². The highest BCUT2D eigenvalue weighted by Crippen LogP contribution is 2.25. The fourth-order valence-electron chi connectivity index (χ4n) is 3.17. The van der Waals surface area contributed by atoms with Crippen LogP contribution in [0.2, 0.25) is 0 Å². The summed E-state index contributed by atoms with van der Waals surface area (Å²) in [5.41, 5.74) is 3.85. The van der Waals surface area contributed by atoms with Crippen LogP contribution < -0.4 is 5.32 Å². The van der Waals surface area contributed by atoms with Crippen molar-refractivity contribution in [2.45, 2.75) is 39.2 Å². The molecule has 1 aromatic heterocycles. The van der Waals surface area contributed by atoms with Gasteiger partial charge in [0.1, 0.15) is 11.4 Å². The third-order valence-corrected chi connectivity index (χ3v) is 4.24. The molecule has 0 spiro atoms. The first-order valence-electron chi connectivity index (χ1n) is 9.15. The lowest BCUT2D eigenvalue weighted by Gasteiger charge is -2.19. The quantitative estimate of drug-likeness (QED) is 0.621. The van der Waals surface area contributed by atoms with Gasteiger partial charge in [-0.2, -0.15) is 0 Å². The first-order valence-corrected chi connectivity index (χ1v) is 9.15. The molecule has 0 atom stereocenters. The van der Waals surface area contributed by atoms with Crippen LogP contribution in [0.25, 0.3) is 10.9 Å². The number of alkyl carbamates (subject to hydrolysis) is 1. The van der Waals surface area contributed by atoms with Crippen molar-refractivity contribution in [2.24, 2.45) is 0 Å². The van der Waals surface area contributed by atoms with E-state index in [-0.39, 0.29) is 5.75 Å². The first kappa shape index (κ1) is 18.8. The molecule has 0 fully saturated rings.